The summed E-state index contributed by atoms with van der Waals surface area (Å²) in [6, 6.07) is 8.13. The first-order valence-electron chi connectivity index (χ1n) is 10.4. The summed E-state index contributed by atoms with van der Waals surface area (Å²) < 4.78 is 0. The van der Waals surface area contributed by atoms with E-state index in [0.717, 1.165) is 22.4 Å². The van der Waals surface area contributed by atoms with Gasteiger partial charge in [0.2, 0.25) is 5.91 Å². The highest BCUT2D eigenvalue weighted by atomic mass is 16.2. The average molecular weight is 444 g/mol. The van der Waals surface area contributed by atoms with Crippen LogP contribution in [0, 0.1) is 12.8 Å². The topological polar surface area (TPSA) is 156 Å². The van der Waals surface area contributed by atoms with Gasteiger partial charge in [0.05, 0.1) is 5.57 Å². The predicted octanol–water partition coefficient (Wildman–Crippen LogP) is 2.59. The Kier molecular flexibility index (Phi) is 5.95. The number of aromatic nitrogens is 2. The minimum atomic E-state index is -0.682. The van der Waals surface area contributed by atoms with Gasteiger partial charge in [0.25, 0.3) is 5.91 Å². The smallest absolute Gasteiger partial charge is 0.316 e. The van der Waals surface area contributed by atoms with Crippen LogP contribution < -0.4 is 22.1 Å². The number of hydrogen-bond acceptors (Lipinski definition) is 4. The van der Waals surface area contributed by atoms with Crippen molar-refractivity contribution in [3.05, 3.63) is 76.9 Å². The van der Waals surface area contributed by atoms with Gasteiger partial charge >= 0.3 is 6.03 Å². The van der Waals surface area contributed by atoms with Gasteiger partial charge < -0.3 is 27.1 Å². The zero-order valence-electron chi connectivity index (χ0n) is 18.0. The number of rotatable bonds is 7. The third kappa shape index (κ3) is 4.77. The summed E-state index contributed by atoms with van der Waals surface area (Å²) in [4.78, 5) is 43.1. The number of anilines is 2. The maximum Gasteiger partial charge on any atom is 0.316 e. The molecule has 0 radical (unpaired) electrons. The normalized spacial score (nSPS) is 14.6. The van der Waals surface area contributed by atoms with Crippen molar-refractivity contribution >= 4 is 40.9 Å². The van der Waals surface area contributed by atoms with Crippen molar-refractivity contribution in [3.63, 3.8) is 0 Å². The maximum atomic E-state index is 12.6. The Morgan fingerprint density at radius 1 is 1.21 bits per heavy atom. The zero-order chi connectivity index (χ0) is 23.5. The van der Waals surface area contributed by atoms with Crippen molar-refractivity contribution in [3.8, 4) is 0 Å². The van der Waals surface area contributed by atoms with Crippen LogP contribution in [0.1, 0.15) is 27.9 Å². The number of carbonyl (C=O) groups is 3. The number of primary amides is 2. The van der Waals surface area contributed by atoms with Crippen molar-refractivity contribution in [2.75, 3.05) is 10.6 Å². The maximum absolute atomic E-state index is 12.6. The summed E-state index contributed by atoms with van der Waals surface area (Å²) in [6.45, 7) is 1.93. The number of hydrogen-bond donors (Lipinski definition) is 5. The number of nitrogens with one attached hydrogen (secondary N) is 3. The highest BCUT2D eigenvalue weighted by Gasteiger charge is 2.26. The molecular weight excluding hydrogens is 420 g/mol. The van der Waals surface area contributed by atoms with Gasteiger partial charge in [0, 0.05) is 47.1 Å². The zero-order valence-corrected chi connectivity index (χ0v) is 18.0. The first-order chi connectivity index (χ1) is 15.8. The number of H-pyrrole nitrogens is 1. The van der Waals surface area contributed by atoms with E-state index in [1.54, 1.807) is 36.7 Å². The molecule has 0 spiro atoms. The molecule has 2 aromatic heterocycles. The van der Waals surface area contributed by atoms with E-state index in [2.05, 4.69) is 20.6 Å². The third-order valence-electron chi connectivity index (χ3n) is 5.72. The van der Waals surface area contributed by atoms with Crippen LogP contribution in [0.2, 0.25) is 0 Å². The largest absolute Gasteiger partial charge is 0.369 e. The van der Waals surface area contributed by atoms with E-state index in [-0.39, 0.29) is 17.7 Å². The fourth-order valence-electron chi connectivity index (χ4n) is 3.95. The summed E-state index contributed by atoms with van der Waals surface area (Å²) >= 11 is 0. The fraction of sp³-hybridized carbons (Fsp3) is 0.167. The minimum absolute atomic E-state index is 0.247. The molecule has 3 heterocycles. The van der Waals surface area contributed by atoms with Crippen molar-refractivity contribution in [1.82, 2.24) is 9.97 Å². The lowest BCUT2D eigenvalue weighted by Crippen LogP contribution is -2.27. The molecule has 0 aliphatic carbocycles. The predicted molar refractivity (Wildman–Crippen MR) is 126 cm³/mol. The van der Waals surface area contributed by atoms with E-state index in [4.69, 9.17) is 11.5 Å². The number of nitrogens with two attached hydrogens (primary N) is 2. The molecule has 1 unspecified atom stereocenters. The number of nitrogens with zero attached hydrogens (tertiary/aromatic N) is 1. The van der Waals surface area contributed by atoms with Crippen LogP contribution in [-0.4, -0.2) is 27.8 Å². The molecule has 4 rings (SSSR count). The van der Waals surface area contributed by atoms with Gasteiger partial charge in [0.15, 0.2) is 0 Å². The number of urea groups is 1. The first kappa shape index (κ1) is 21.8. The van der Waals surface area contributed by atoms with Crippen LogP contribution in [0.25, 0.3) is 11.6 Å². The Morgan fingerprint density at radius 3 is 2.73 bits per heavy atom. The first-order valence-corrected chi connectivity index (χ1v) is 10.4. The van der Waals surface area contributed by atoms with E-state index in [1.807, 2.05) is 25.3 Å². The molecule has 0 saturated heterocycles. The van der Waals surface area contributed by atoms with Crippen LogP contribution in [0.3, 0.4) is 0 Å². The number of pyridine rings is 1. The molecule has 3 aromatic rings. The Labute approximate surface area is 190 Å². The Bertz CT molecular complexity index is 1260. The van der Waals surface area contributed by atoms with Crippen LogP contribution in [0.15, 0.2) is 48.9 Å². The second kappa shape index (κ2) is 8.99. The molecule has 9 heteroatoms. The molecule has 0 bridgehead atoms. The van der Waals surface area contributed by atoms with Gasteiger partial charge in [-0.3, -0.25) is 14.6 Å². The summed E-state index contributed by atoms with van der Waals surface area (Å²) in [5.41, 5.74) is 16.7. The van der Waals surface area contributed by atoms with Gasteiger partial charge in [0.1, 0.15) is 0 Å². The van der Waals surface area contributed by atoms with E-state index in [0.29, 0.717) is 35.4 Å². The third-order valence-corrected chi connectivity index (χ3v) is 5.72. The molecule has 168 valence electrons. The van der Waals surface area contributed by atoms with Gasteiger partial charge in [-0.15, -0.1) is 0 Å². The van der Waals surface area contributed by atoms with Gasteiger partial charge in [-0.05, 0) is 66.8 Å². The summed E-state index contributed by atoms with van der Waals surface area (Å²) in [7, 11) is 0. The lowest BCUT2D eigenvalue weighted by atomic mass is 9.92. The second-order valence-electron chi connectivity index (χ2n) is 7.98. The van der Waals surface area contributed by atoms with Crippen molar-refractivity contribution < 1.29 is 14.4 Å². The summed E-state index contributed by atoms with van der Waals surface area (Å²) in [6.07, 6.45) is 7.96. The molecule has 1 atom stereocenters. The quantitative estimate of drug-likeness (QED) is 0.355. The molecule has 1 aliphatic rings. The number of fused-ring (bicyclic) bond motifs is 1. The van der Waals surface area contributed by atoms with E-state index >= 15 is 0 Å². The van der Waals surface area contributed by atoms with Crippen molar-refractivity contribution in [2.45, 2.75) is 19.8 Å². The molecule has 7 N–H and O–H groups in total. The number of amides is 4. The van der Waals surface area contributed by atoms with Crippen molar-refractivity contribution in [1.29, 1.82) is 0 Å². The number of benzene rings is 1. The van der Waals surface area contributed by atoms with Gasteiger partial charge in [-0.2, -0.15) is 0 Å². The average Bonchev–Trinajstić information content (AvgIpc) is 3.27. The highest BCUT2D eigenvalue weighted by molar-refractivity contribution is 6.35. The monoisotopic (exact) mass is 444 g/mol. The Balaban J connectivity index is 1.60. The van der Waals surface area contributed by atoms with E-state index in [1.165, 1.54) is 0 Å². The molecule has 33 heavy (non-hydrogen) atoms. The van der Waals surface area contributed by atoms with Crippen LogP contribution in [0.4, 0.5) is 16.2 Å². The molecule has 0 saturated carbocycles. The molecule has 4 amide bonds. The second-order valence-corrected chi connectivity index (χ2v) is 7.98. The van der Waals surface area contributed by atoms with E-state index in [9.17, 15) is 14.4 Å². The SMILES string of the molecule is Cc1c(CC(Cc2cccnc2)C(N)=O)c[nH]c1C=C1C(=O)Nc2ccc(NC(N)=O)cc21. The van der Waals surface area contributed by atoms with Gasteiger partial charge in [-0.1, -0.05) is 6.07 Å². The van der Waals surface area contributed by atoms with Crippen molar-refractivity contribution in [2.24, 2.45) is 17.4 Å². The van der Waals surface area contributed by atoms with Crippen LogP contribution in [0.5, 0.6) is 0 Å². The summed E-state index contributed by atoms with van der Waals surface area (Å²) in [5.74, 6) is -1.01. The lowest BCUT2D eigenvalue weighted by molar-refractivity contribution is -0.121. The Hall–Kier alpha value is -4.40. The van der Waals surface area contributed by atoms with Gasteiger partial charge in [-0.25, -0.2) is 4.79 Å². The standard InChI is InChI=1S/C24H24N6O3/c1-13-16(8-15(22(25)31)7-14-3-2-6-27-11-14)12-28-21(13)10-19-18-9-17(29-24(26)33)4-5-20(18)30-23(19)32/h2-6,9-12,15,28H,7-8H2,1H3,(H2,25,31)(H,30,32)(H3,26,29,33). The lowest BCUT2D eigenvalue weighted by Gasteiger charge is -2.13. The number of carbonyl (C=O) groups excluding carboxylic acids is 3. The highest BCUT2D eigenvalue weighted by Crippen LogP contribution is 2.35. The van der Waals surface area contributed by atoms with Crippen LogP contribution in [-0.2, 0) is 22.4 Å². The molecular formula is C24H24N6O3. The number of aromatic amines is 1. The van der Waals surface area contributed by atoms with Crippen LogP contribution >= 0.6 is 0 Å². The molecule has 1 aromatic carbocycles. The minimum Gasteiger partial charge on any atom is -0.369 e. The summed E-state index contributed by atoms with van der Waals surface area (Å²) in [5, 5.41) is 5.33. The molecule has 0 fully saturated rings. The Morgan fingerprint density at radius 2 is 2.03 bits per heavy atom. The fourth-order valence-corrected chi connectivity index (χ4v) is 3.95. The molecule has 1 aliphatic heterocycles. The van der Waals surface area contributed by atoms with E-state index < -0.39 is 6.03 Å². The molecule has 9 nitrogen and oxygen atoms in total.